The number of rotatable bonds is 6. The number of carbonyl (C=O) groups excluding carboxylic acids is 1. The van der Waals surface area contributed by atoms with E-state index >= 15 is 0 Å². The van der Waals surface area contributed by atoms with Crippen LogP contribution in [0.5, 0.6) is 0 Å². The molecule has 0 atom stereocenters. The molecular formula is C17H28N2O2. The second kappa shape index (κ2) is 7.64. The van der Waals surface area contributed by atoms with Gasteiger partial charge in [-0.3, -0.25) is 9.69 Å². The first-order chi connectivity index (χ1) is 10.1. The van der Waals surface area contributed by atoms with Crippen molar-refractivity contribution in [2.45, 2.75) is 46.1 Å². The summed E-state index contributed by atoms with van der Waals surface area (Å²) in [5.41, 5.74) is 0. The van der Waals surface area contributed by atoms with Crippen molar-refractivity contribution in [3.8, 4) is 0 Å². The van der Waals surface area contributed by atoms with Crippen molar-refractivity contribution in [1.82, 2.24) is 9.80 Å². The minimum Gasteiger partial charge on any atom is -0.465 e. The van der Waals surface area contributed by atoms with Gasteiger partial charge in [-0.2, -0.15) is 0 Å². The van der Waals surface area contributed by atoms with Gasteiger partial charge in [0, 0.05) is 19.5 Å². The topological polar surface area (TPSA) is 36.7 Å². The van der Waals surface area contributed by atoms with E-state index in [4.69, 9.17) is 4.42 Å². The molecule has 21 heavy (non-hydrogen) atoms. The molecule has 0 bridgehead atoms. The average molecular weight is 292 g/mol. The lowest BCUT2D eigenvalue weighted by atomic mass is 9.95. The molecule has 0 radical (unpaired) electrons. The van der Waals surface area contributed by atoms with Gasteiger partial charge in [0.25, 0.3) is 0 Å². The molecule has 1 fully saturated rings. The van der Waals surface area contributed by atoms with Gasteiger partial charge in [0.2, 0.25) is 5.91 Å². The van der Waals surface area contributed by atoms with Gasteiger partial charge in [-0.15, -0.1) is 0 Å². The van der Waals surface area contributed by atoms with Crippen LogP contribution in [0.3, 0.4) is 0 Å². The Kier molecular flexibility index (Phi) is 5.85. The highest BCUT2D eigenvalue weighted by molar-refractivity contribution is 5.78. The number of carbonyl (C=O) groups is 1. The summed E-state index contributed by atoms with van der Waals surface area (Å²) in [4.78, 5) is 16.7. The van der Waals surface area contributed by atoms with E-state index in [0.29, 0.717) is 5.91 Å². The van der Waals surface area contributed by atoms with Crippen molar-refractivity contribution < 1.29 is 9.21 Å². The average Bonchev–Trinajstić information content (AvgIpc) is 2.90. The van der Waals surface area contributed by atoms with Crippen molar-refractivity contribution in [3.05, 3.63) is 23.7 Å². The molecule has 1 saturated heterocycles. The van der Waals surface area contributed by atoms with E-state index in [2.05, 4.69) is 11.8 Å². The maximum Gasteiger partial charge on any atom is 0.225 e. The maximum atomic E-state index is 12.4. The van der Waals surface area contributed by atoms with Gasteiger partial charge < -0.3 is 9.32 Å². The number of amides is 1. The Morgan fingerprint density at radius 2 is 2.10 bits per heavy atom. The molecule has 4 nitrogen and oxygen atoms in total. The van der Waals surface area contributed by atoms with Crippen molar-refractivity contribution in [2.75, 3.05) is 26.7 Å². The summed E-state index contributed by atoms with van der Waals surface area (Å²) in [6, 6.07) is 4.05. The molecule has 0 aliphatic carbocycles. The first-order valence-corrected chi connectivity index (χ1v) is 8.12. The summed E-state index contributed by atoms with van der Waals surface area (Å²) in [5.74, 6) is 2.53. The fourth-order valence-corrected chi connectivity index (χ4v) is 2.95. The summed E-state index contributed by atoms with van der Waals surface area (Å²) in [6.45, 7) is 7.85. The van der Waals surface area contributed by atoms with Crippen LogP contribution in [-0.4, -0.2) is 42.4 Å². The predicted molar refractivity (Wildman–Crippen MR) is 84.0 cm³/mol. The van der Waals surface area contributed by atoms with Crippen molar-refractivity contribution in [1.29, 1.82) is 0 Å². The van der Waals surface area contributed by atoms with E-state index in [-0.39, 0.29) is 5.92 Å². The Bertz CT molecular complexity index is 447. The summed E-state index contributed by atoms with van der Waals surface area (Å²) in [5, 5.41) is 0. The molecule has 0 aromatic carbocycles. The molecule has 4 heteroatoms. The molecule has 1 aliphatic heterocycles. The van der Waals surface area contributed by atoms with E-state index in [0.717, 1.165) is 63.4 Å². The summed E-state index contributed by atoms with van der Waals surface area (Å²) >= 11 is 0. The first kappa shape index (κ1) is 16.1. The molecule has 0 N–H and O–H groups in total. The number of nitrogens with zero attached hydrogens (tertiary/aromatic N) is 2. The summed E-state index contributed by atoms with van der Waals surface area (Å²) in [6.07, 6.45) is 4.17. The molecule has 0 unspecified atom stereocenters. The number of likely N-dealkylation sites (tertiary alicyclic amines) is 1. The third-order valence-corrected chi connectivity index (χ3v) is 4.34. The number of furan rings is 1. The minimum atomic E-state index is 0.210. The van der Waals surface area contributed by atoms with Gasteiger partial charge in [0.1, 0.15) is 11.5 Å². The highest BCUT2D eigenvalue weighted by Crippen LogP contribution is 2.21. The monoisotopic (exact) mass is 292 g/mol. The smallest absolute Gasteiger partial charge is 0.225 e. The van der Waals surface area contributed by atoms with E-state index in [9.17, 15) is 4.79 Å². The molecule has 0 saturated carbocycles. The van der Waals surface area contributed by atoms with Gasteiger partial charge in [0.05, 0.1) is 6.54 Å². The van der Waals surface area contributed by atoms with E-state index in [1.54, 1.807) is 0 Å². The molecule has 1 aromatic rings. The van der Waals surface area contributed by atoms with Crippen LogP contribution in [0.15, 0.2) is 16.5 Å². The molecular weight excluding hydrogens is 264 g/mol. The normalized spacial score (nSPS) is 17.1. The largest absolute Gasteiger partial charge is 0.465 e. The number of unbranched alkanes of at least 4 members (excludes halogenated alkanes) is 1. The minimum absolute atomic E-state index is 0.210. The zero-order chi connectivity index (χ0) is 15.2. The van der Waals surface area contributed by atoms with E-state index in [1.807, 2.05) is 31.0 Å². The van der Waals surface area contributed by atoms with Gasteiger partial charge in [-0.1, -0.05) is 13.3 Å². The molecule has 2 rings (SSSR count). The van der Waals surface area contributed by atoms with E-state index < -0.39 is 0 Å². The number of aryl methyl sites for hydroxylation is 1. The lowest BCUT2D eigenvalue weighted by Gasteiger charge is -2.32. The molecule has 2 heterocycles. The summed E-state index contributed by atoms with van der Waals surface area (Å²) in [7, 11) is 1.94. The van der Waals surface area contributed by atoms with Crippen molar-refractivity contribution >= 4 is 5.91 Å². The van der Waals surface area contributed by atoms with Crippen LogP contribution in [0.4, 0.5) is 0 Å². The predicted octanol–water partition coefficient (Wildman–Crippen LogP) is 3.06. The molecule has 1 amide bonds. The van der Waals surface area contributed by atoms with Crippen LogP contribution < -0.4 is 0 Å². The fraction of sp³-hybridized carbons (Fsp3) is 0.706. The third-order valence-electron chi connectivity index (χ3n) is 4.34. The molecule has 1 aromatic heterocycles. The lowest BCUT2D eigenvalue weighted by Crippen LogP contribution is -2.41. The summed E-state index contributed by atoms with van der Waals surface area (Å²) < 4.78 is 5.63. The molecule has 118 valence electrons. The highest BCUT2D eigenvalue weighted by atomic mass is 16.3. The van der Waals surface area contributed by atoms with E-state index in [1.165, 1.54) is 0 Å². The van der Waals surface area contributed by atoms with Crippen molar-refractivity contribution in [3.63, 3.8) is 0 Å². The number of hydrogen-bond donors (Lipinski definition) is 0. The van der Waals surface area contributed by atoms with Crippen molar-refractivity contribution in [2.24, 2.45) is 5.92 Å². The van der Waals surface area contributed by atoms with Gasteiger partial charge >= 0.3 is 0 Å². The zero-order valence-electron chi connectivity index (χ0n) is 13.6. The molecule has 1 aliphatic rings. The SMILES string of the molecule is CCCCN(C)C(=O)C1CCN(Cc2ccc(C)o2)CC1. The van der Waals surface area contributed by atoms with Crippen LogP contribution in [0.25, 0.3) is 0 Å². The fourth-order valence-electron chi connectivity index (χ4n) is 2.95. The van der Waals surface area contributed by atoms with Crippen LogP contribution in [-0.2, 0) is 11.3 Å². The Labute approximate surface area is 128 Å². The van der Waals surface area contributed by atoms with Crippen LogP contribution in [0.2, 0.25) is 0 Å². The third kappa shape index (κ3) is 4.60. The number of hydrogen-bond acceptors (Lipinski definition) is 3. The quantitative estimate of drug-likeness (QED) is 0.808. The number of piperidine rings is 1. The van der Waals surface area contributed by atoms with Gasteiger partial charge in [0.15, 0.2) is 0 Å². The lowest BCUT2D eigenvalue weighted by molar-refractivity contribution is -0.135. The Hall–Kier alpha value is -1.29. The van der Waals surface area contributed by atoms with Crippen LogP contribution >= 0.6 is 0 Å². The highest BCUT2D eigenvalue weighted by Gasteiger charge is 2.27. The second-order valence-corrected chi connectivity index (χ2v) is 6.18. The van der Waals surface area contributed by atoms with Gasteiger partial charge in [-0.05, 0) is 51.4 Å². The Balaban J connectivity index is 1.76. The Morgan fingerprint density at radius 1 is 1.38 bits per heavy atom. The first-order valence-electron chi connectivity index (χ1n) is 8.12. The maximum absolute atomic E-state index is 12.4. The second-order valence-electron chi connectivity index (χ2n) is 6.18. The molecule has 0 spiro atoms. The zero-order valence-corrected chi connectivity index (χ0v) is 13.6. The van der Waals surface area contributed by atoms with Crippen LogP contribution in [0.1, 0.15) is 44.1 Å². The standard InChI is InChI=1S/C17H28N2O2/c1-4-5-10-18(3)17(20)15-8-11-19(12-9-15)13-16-7-6-14(2)21-16/h6-7,15H,4-5,8-13H2,1-3H3. The Morgan fingerprint density at radius 3 is 2.67 bits per heavy atom. The van der Waals surface area contributed by atoms with Crippen LogP contribution in [0, 0.1) is 12.8 Å². The van der Waals surface area contributed by atoms with Gasteiger partial charge in [-0.25, -0.2) is 0 Å².